The third kappa shape index (κ3) is 3.82. The number of hydrogen-bond acceptors (Lipinski definition) is 4. The van der Waals surface area contributed by atoms with Crippen LogP contribution in [-0.2, 0) is 0 Å². The van der Waals surface area contributed by atoms with Crippen LogP contribution in [0.25, 0.3) is 16.5 Å². The molecule has 1 aliphatic heterocycles. The highest BCUT2D eigenvalue weighted by atomic mass is 35.5. The summed E-state index contributed by atoms with van der Waals surface area (Å²) < 4.78 is 15.4. The summed E-state index contributed by atoms with van der Waals surface area (Å²) in [6, 6.07) is 9.12. The van der Waals surface area contributed by atoms with Crippen molar-refractivity contribution >= 4 is 45.9 Å². The largest absolute Gasteiger partial charge is 0.477 e. The molecule has 1 aromatic heterocycles. The Hall–Kier alpha value is -3.45. The van der Waals surface area contributed by atoms with E-state index in [0.717, 1.165) is 35.4 Å². The van der Waals surface area contributed by atoms with E-state index in [9.17, 15) is 14.7 Å². The summed E-state index contributed by atoms with van der Waals surface area (Å²) in [5.41, 5.74) is 3.12. The molecule has 5 rings (SSSR count). The van der Waals surface area contributed by atoms with Gasteiger partial charge in [0.2, 0.25) is 5.43 Å². The molecule has 1 saturated heterocycles. The molecule has 168 valence electrons. The fraction of sp³-hybridized carbons (Fsp3) is 0.240. The molecule has 0 saturated carbocycles. The van der Waals surface area contributed by atoms with Crippen molar-refractivity contribution in [2.45, 2.75) is 25.8 Å². The first kappa shape index (κ1) is 21.4. The number of allylic oxidation sites excluding steroid dienone is 2. The van der Waals surface area contributed by atoms with Gasteiger partial charge >= 0.3 is 5.97 Å². The molecule has 0 bridgehead atoms. The number of benzene rings is 2. The molecule has 2 heterocycles. The third-order valence-corrected chi connectivity index (χ3v) is 6.62. The number of aromatic carboxylic acids is 1. The number of aryl methyl sites for hydroxylation is 1. The number of aromatic amines is 1. The minimum absolute atomic E-state index is 0.00309. The number of H-pyrrole nitrogens is 1. The first-order chi connectivity index (χ1) is 15.8. The van der Waals surface area contributed by atoms with E-state index in [2.05, 4.69) is 4.98 Å². The Morgan fingerprint density at radius 1 is 1.36 bits per heavy atom. The predicted molar refractivity (Wildman–Crippen MR) is 128 cm³/mol. The summed E-state index contributed by atoms with van der Waals surface area (Å²) in [5, 5.41) is 9.88. The van der Waals surface area contributed by atoms with Crippen molar-refractivity contribution in [3.8, 4) is 0 Å². The lowest BCUT2D eigenvalue weighted by atomic mass is 10.0. The Bertz CT molecular complexity index is 1430. The number of nitrogens with one attached hydrogen (secondary N) is 1. The van der Waals surface area contributed by atoms with E-state index >= 15 is 4.39 Å². The van der Waals surface area contributed by atoms with E-state index < -0.39 is 22.8 Å². The van der Waals surface area contributed by atoms with Gasteiger partial charge in [-0.1, -0.05) is 35.9 Å². The molecule has 33 heavy (non-hydrogen) atoms. The molecule has 6 nitrogen and oxygen atoms in total. The van der Waals surface area contributed by atoms with Gasteiger partial charge in [0, 0.05) is 42.5 Å². The summed E-state index contributed by atoms with van der Waals surface area (Å²) in [4.78, 5) is 33.6. The van der Waals surface area contributed by atoms with E-state index in [1.807, 2.05) is 42.3 Å². The number of hydrogen-bond donors (Lipinski definition) is 2. The second-order valence-corrected chi connectivity index (χ2v) is 8.88. The number of anilines is 1. The molecule has 0 spiro atoms. The van der Waals surface area contributed by atoms with Crippen molar-refractivity contribution in [3.63, 3.8) is 0 Å². The van der Waals surface area contributed by atoms with Crippen LogP contribution in [0, 0.1) is 12.7 Å². The Labute approximate surface area is 194 Å². The van der Waals surface area contributed by atoms with Crippen LogP contribution in [-0.4, -0.2) is 41.4 Å². The number of halogens is 2. The number of fused-ring (bicyclic) bond motifs is 1. The standard InChI is InChI=1S/C25H21ClFN3O3/c1-13-4-2-3-5-14(13)10-28-15-6-7-30(12-15)23-20(27)9-17-22(21(23)16-8-19(16)26)29-11-18(24(17)31)25(32)33/h2-5,9-11,15H,6-8,12H2,1H3,(H,29,31)(H,32,33). The first-order valence-electron chi connectivity index (χ1n) is 10.7. The van der Waals surface area contributed by atoms with Crippen molar-refractivity contribution < 1.29 is 14.3 Å². The second-order valence-electron chi connectivity index (χ2n) is 8.42. The van der Waals surface area contributed by atoms with Crippen LogP contribution in [0.2, 0.25) is 0 Å². The third-order valence-electron chi connectivity index (χ3n) is 6.26. The predicted octanol–water partition coefficient (Wildman–Crippen LogP) is 4.73. The molecule has 1 aliphatic carbocycles. The molecule has 1 fully saturated rings. The Kier molecular flexibility index (Phi) is 5.29. The van der Waals surface area contributed by atoms with Crippen molar-refractivity contribution in [1.29, 1.82) is 0 Å². The molecular formula is C25H21ClFN3O3. The van der Waals surface area contributed by atoms with Crippen LogP contribution in [0.5, 0.6) is 0 Å². The molecule has 1 unspecified atom stereocenters. The van der Waals surface area contributed by atoms with Gasteiger partial charge in [-0.3, -0.25) is 9.79 Å². The highest BCUT2D eigenvalue weighted by molar-refractivity contribution is 6.38. The van der Waals surface area contributed by atoms with Gasteiger partial charge in [0.1, 0.15) is 11.4 Å². The van der Waals surface area contributed by atoms with Gasteiger partial charge in [0.05, 0.1) is 22.6 Å². The average molecular weight is 466 g/mol. The molecule has 3 aromatic rings. The fourth-order valence-corrected chi connectivity index (χ4v) is 4.63. The van der Waals surface area contributed by atoms with Gasteiger partial charge in [-0.25, -0.2) is 9.18 Å². The summed E-state index contributed by atoms with van der Waals surface area (Å²) in [6.07, 6.45) is 4.31. The topological polar surface area (TPSA) is 85.8 Å². The molecule has 0 amide bonds. The second kappa shape index (κ2) is 8.15. The monoisotopic (exact) mass is 465 g/mol. The lowest BCUT2D eigenvalue weighted by Crippen LogP contribution is -2.24. The zero-order valence-electron chi connectivity index (χ0n) is 17.9. The maximum Gasteiger partial charge on any atom is 0.341 e. The first-order valence-corrected chi connectivity index (χ1v) is 11.1. The van der Waals surface area contributed by atoms with Gasteiger partial charge in [0.25, 0.3) is 0 Å². The summed E-state index contributed by atoms with van der Waals surface area (Å²) in [6.45, 7) is 3.16. The normalized spacial score (nSPS) is 18.0. The number of carboxylic acids is 1. The van der Waals surface area contributed by atoms with Crippen molar-refractivity contribution in [3.05, 3.63) is 79.9 Å². The molecule has 8 heteroatoms. The van der Waals surface area contributed by atoms with Crippen molar-refractivity contribution in [1.82, 2.24) is 4.98 Å². The lowest BCUT2D eigenvalue weighted by Gasteiger charge is -2.23. The van der Waals surface area contributed by atoms with Crippen LogP contribution in [0.15, 0.2) is 51.3 Å². The number of carboxylic acid groups (broad SMARTS) is 1. The van der Waals surface area contributed by atoms with Crippen molar-refractivity contribution in [2.24, 2.45) is 4.99 Å². The number of rotatable bonds is 5. The van der Waals surface area contributed by atoms with Crippen LogP contribution in [0.1, 0.15) is 39.9 Å². The Balaban J connectivity index is 1.54. The summed E-state index contributed by atoms with van der Waals surface area (Å²) >= 11 is 6.23. The number of aliphatic imine (C=N–C) groups is 1. The maximum absolute atomic E-state index is 15.4. The molecule has 0 radical (unpaired) electrons. The van der Waals surface area contributed by atoms with Crippen LogP contribution in [0.4, 0.5) is 10.1 Å². The number of aromatic nitrogens is 1. The van der Waals surface area contributed by atoms with Crippen LogP contribution in [0.3, 0.4) is 0 Å². The highest BCUT2D eigenvalue weighted by Gasteiger charge is 2.33. The maximum atomic E-state index is 15.4. The summed E-state index contributed by atoms with van der Waals surface area (Å²) in [5.74, 6) is -1.93. The van der Waals surface area contributed by atoms with E-state index in [-0.39, 0.29) is 11.4 Å². The number of nitrogens with zero attached hydrogens (tertiary/aromatic N) is 2. The zero-order valence-corrected chi connectivity index (χ0v) is 18.6. The van der Waals surface area contributed by atoms with Gasteiger partial charge in [-0.05, 0) is 36.1 Å². The molecule has 1 atom stereocenters. The highest BCUT2D eigenvalue weighted by Crippen LogP contribution is 2.49. The molecular weight excluding hydrogens is 445 g/mol. The SMILES string of the molecule is Cc1ccccc1C=NC1CCN(c2c(F)cc3c(=O)c(C(=O)O)c[nH]c3c2C2=C(Cl)C2)C1. The van der Waals surface area contributed by atoms with Gasteiger partial charge in [-0.2, -0.15) is 0 Å². The van der Waals surface area contributed by atoms with E-state index in [4.69, 9.17) is 16.6 Å². The number of pyridine rings is 1. The van der Waals surface area contributed by atoms with Gasteiger partial charge < -0.3 is 15.0 Å². The zero-order chi connectivity index (χ0) is 23.3. The minimum Gasteiger partial charge on any atom is -0.477 e. The Morgan fingerprint density at radius 2 is 2.12 bits per heavy atom. The van der Waals surface area contributed by atoms with E-state index in [1.54, 1.807) is 0 Å². The molecule has 2 aromatic carbocycles. The summed E-state index contributed by atoms with van der Waals surface area (Å²) in [7, 11) is 0. The fourth-order valence-electron chi connectivity index (χ4n) is 4.40. The number of carbonyl (C=O) groups is 1. The molecule has 2 N–H and O–H groups in total. The van der Waals surface area contributed by atoms with Gasteiger partial charge in [-0.15, -0.1) is 0 Å². The quantitative estimate of drug-likeness (QED) is 0.533. The van der Waals surface area contributed by atoms with Gasteiger partial charge in [0.15, 0.2) is 0 Å². The van der Waals surface area contributed by atoms with E-state index in [1.165, 1.54) is 0 Å². The minimum atomic E-state index is -1.36. The smallest absolute Gasteiger partial charge is 0.341 e. The Morgan fingerprint density at radius 3 is 2.82 bits per heavy atom. The molecule has 2 aliphatic rings. The average Bonchev–Trinajstić information content (AvgIpc) is 3.31. The lowest BCUT2D eigenvalue weighted by molar-refractivity contribution is 0.0695. The van der Waals surface area contributed by atoms with Crippen molar-refractivity contribution in [2.75, 3.05) is 18.0 Å². The van der Waals surface area contributed by atoms with E-state index in [0.29, 0.717) is 41.3 Å². The van der Waals surface area contributed by atoms with Crippen LogP contribution < -0.4 is 10.3 Å². The van der Waals surface area contributed by atoms with Crippen LogP contribution >= 0.6 is 11.6 Å².